The number of hydrogen-bond acceptors (Lipinski definition) is 3. The quantitative estimate of drug-likeness (QED) is 0.640. The summed E-state index contributed by atoms with van der Waals surface area (Å²) in [6.45, 7) is 6.34. The van der Waals surface area contributed by atoms with Gasteiger partial charge in [-0.25, -0.2) is 0 Å². The third kappa shape index (κ3) is 3.91. The number of halogens is 1. The van der Waals surface area contributed by atoms with Gasteiger partial charge in [-0.2, -0.15) is 0 Å². The molecule has 0 radical (unpaired) electrons. The molecule has 0 aliphatic carbocycles. The fourth-order valence-electron chi connectivity index (χ4n) is 2.36. The second-order valence-electron chi connectivity index (χ2n) is 5.18. The molecule has 4 nitrogen and oxygen atoms in total. The van der Waals surface area contributed by atoms with Crippen LogP contribution in [-0.4, -0.2) is 18.0 Å². The number of nitro benzene ring substituents is 1. The number of hydrogen-bond donors (Lipinski definition) is 1. The van der Waals surface area contributed by atoms with Crippen LogP contribution in [-0.2, 0) is 6.42 Å². The first kappa shape index (κ1) is 15.9. The van der Waals surface area contributed by atoms with Gasteiger partial charge < -0.3 is 5.32 Å². The van der Waals surface area contributed by atoms with Crippen LogP contribution in [0.1, 0.15) is 26.3 Å². The summed E-state index contributed by atoms with van der Waals surface area (Å²) in [6.07, 6.45) is 0.607. The van der Waals surface area contributed by atoms with Crippen molar-refractivity contribution in [2.75, 3.05) is 7.05 Å². The van der Waals surface area contributed by atoms with E-state index in [1.54, 1.807) is 12.1 Å². The van der Waals surface area contributed by atoms with Gasteiger partial charge in [-0.05, 0) is 38.3 Å². The molecule has 0 saturated carbocycles. The van der Waals surface area contributed by atoms with Crippen LogP contribution in [0.4, 0.5) is 5.69 Å². The van der Waals surface area contributed by atoms with Crippen molar-refractivity contribution < 1.29 is 4.92 Å². The Morgan fingerprint density at radius 3 is 2.47 bits per heavy atom. The van der Waals surface area contributed by atoms with Crippen LogP contribution >= 0.6 is 11.6 Å². The molecular formula is C14H21ClN2O2. The lowest BCUT2D eigenvalue weighted by Crippen LogP contribution is -2.35. The second-order valence-corrected chi connectivity index (χ2v) is 5.59. The predicted octanol–water partition coefficient (Wildman–Crippen LogP) is 3.67. The highest BCUT2D eigenvalue weighted by Gasteiger charge is 2.25. The Labute approximate surface area is 119 Å². The molecule has 1 N–H and O–H groups in total. The fraction of sp³-hybridized carbons (Fsp3) is 0.571. The number of nitro groups is 1. The largest absolute Gasteiger partial charge is 0.317 e. The van der Waals surface area contributed by atoms with Crippen LogP contribution in [0.5, 0.6) is 0 Å². The highest BCUT2D eigenvalue weighted by Crippen LogP contribution is 2.31. The van der Waals surface area contributed by atoms with E-state index in [2.05, 4.69) is 26.1 Å². The SMILES string of the molecule is CNC(C)C(Cc1c(Cl)cccc1[N+](=O)[O-])C(C)C. The van der Waals surface area contributed by atoms with Gasteiger partial charge in [-0.3, -0.25) is 10.1 Å². The van der Waals surface area contributed by atoms with Gasteiger partial charge in [0.2, 0.25) is 0 Å². The minimum absolute atomic E-state index is 0.112. The van der Waals surface area contributed by atoms with Crippen LogP contribution < -0.4 is 5.32 Å². The van der Waals surface area contributed by atoms with E-state index < -0.39 is 0 Å². The van der Waals surface area contributed by atoms with Gasteiger partial charge in [-0.1, -0.05) is 31.5 Å². The predicted molar refractivity (Wildman–Crippen MR) is 78.7 cm³/mol. The molecule has 0 saturated heterocycles. The van der Waals surface area contributed by atoms with E-state index in [0.29, 0.717) is 28.8 Å². The van der Waals surface area contributed by atoms with Gasteiger partial charge in [0.25, 0.3) is 5.69 Å². The topological polar surface area (TPSA) is 55.2 Å². The maximum atomic E-state index is 11.1. The zero-order chi connectivity index (χ0) is 14.6. The van der Waals surface area contributed by atoms with Crippen molar-refractivity contribution in [1.82, 2.24) is 5.32 Å². The summed E-state index contributed by atoms with van der Waals surface area (Å²) < 4.78 is 0. The molecule has 0 spiro atoms. The molecular weight excluding hydrogens is 264 g/mol. The Bertz CT molecular complexity index is 449. The number of benzene rings is 1. The minimum Gasteiger partial charge on any atom is -0.317 e. The molecule has 19 heavy (non-hydrogen) atoms. The van der Waals surface area contributed by atoms with Gasteiger partial charge in [-0.15, -0.1) is 0 Å². The van der Waals surface area contributed by atoms with E-state index in [4.69, 9.17) is 11.6 Å². The monoisotopic (exact) mass is 284 g/mol. The van der Waals surface area contributed by atoms with Crippen LogP contribution in [0.3, 0.4) is 0 Å². The van der Waals surface area contributed by atoms with E-state index in [1.165, 1.54) is 6.07 Å². The van der Waals surface area contributed by atoms with Crippen molar-refractivity contribution in [3.05, 3.63) is 38.9 Å². The Morgan fingerprint density at radius 1 is 1.37 bits per heavy atom. The summed E-state index contributed by atoms with van der Waals surface area (Å²) in [5.41, 5.74) is 0.747. The van der Waals surface area contributed by atoms with E-state index >= 15 is 0 Å². The molecule has 2 unspecified atom stereocenters. The summed E-state index contributed by atoms with van der Waals surface area (Å²) in [4.78, 5) is 10.7. The molecule has 1 aromatic carbocycles. The third-order valence-electron chi connectivity index (χ3n) is 3.68. The molecule has 1 aromatic rings. The first-order valence-corrected chi connectivity index (χ1v) is 6.85. The van der Waals surface area contributed by atoms with Gasteiger partial charge in [0.1, 0.15) is 0 Å². The summed E-state index contributed by atoms with van der Waals surface area (Å²) >= 11 is 6.15. The molecule has 0 aromatic heterocycles. The normalized spacial score (nSPS) is 14.4. The van der Waals surface area contributed by atoms with Crippen molar-refractivity contribution >= 4 is 17.3 Å². The Balaban J connectivity index is 3.12. The smallest absolute Gasteiger partial charge is 0.274 e. The highest BCUT2D eigenvalue weighted by molar-refractivity contribution is 6.31. The molecule has 5 heteroatoms. The zero-order valence-corrected chi connectivity index (χ0v) is 12.6. The highest BCUT2D eigenvalue weighted by atomic mass is 35.5. The molecule has 1 rings (SSSR count). The van der Waals surface area contributed by atoms with Crippen molar-refractivity contribution in [1.29, 1.82) is 0 Å². The lowest BCUT2D eigenvalue weighted by Gasteiger charge is -2.27. The van der Waals surface area contributed by atoms with Crippen molar-refractivity contribution in [3.63, 3.8) is 0 Å². The summed E-state index contributed by atoms with van der Waals surface area (Å²) in [5, 5.41) is 14.8. The first-order valence-electron chi connectivity index (χ1n) is 6.47. The first-order chi connectivity index (χ1) is 8.88. The standard InChI is InChI=1S/C14H21ClN2O2/c1-9(2)11(10(3)16-4)8-12-13(15)6-5-7-14(12)17(18)19/h5-7,9-11,16H,8H2,1-4H3. The molecule has 0 aliphatic rings. The Hall–Kier alpha value is -1.13. The minimum atomic E-state index is -0.358. The number of nitrogens with one attached hydrogen (secondary N) is 1. The summed E-state index contributed by atoms with van der Waals surface area (Å²) in [6, 6.07) is 5.12. The molecule has 0 bridgehead atoms. The third-order valence-corrected chi connectivity index (χ3v) is 4.04. The van der Waals surface area contributed by atoms with Crippen molar-refractivity contribution in [3.8, 4) is 0 Å². The fourth-order valence-corrected chi connectivity index (χ4v) is 2.61. The Morgan fingerprint density at radius 2 is 2.00 bits per heavy atom. The lowest BCUT2D eigenvalue weighted by molar-refractivity contribution is -0.385. The molecule has 0 fully saturated rings. The maximum Gasteiger partial charge on any atom is 0.274 e. The van der Waals surface area contributed by atoms with E-state index in [1.807, 2.05) is 7.05 Å². The molecule has 2 atom stereocenters. The van der Waals surface area contributed by atoms with Crippen LogP contribution in [0.2, 0.25) is 5.02 Å². The summed E-state index contributed by atoms with van der Waals surface area (Å²) in [5.74, 6) is 0.710. The van der Waals surface area contributed by atoms with Crippen LogP contribution in [0.25, 0.3) is 0 Å². The number of nitrogens with zero attached hydrogens (tertiary/aromatic N) is 1. The Kier molecular flexibility index (Phi) is 5.76. The average Bonchev–Trinajstić information content (AvgIpc) is 2.35. The van der Waals surface area contributed by atoms with Gasteiger partial charge >= 0.3 is 0 Å². The molecule has 0 amide bonds. The van der Waals surface area contributed by atoms with E-state index in [0.717, 1.165) is 0 Å². The van der Waals surface area contributed by atoms with Gasteiger partial charge in [0.05, 0.1) is 9.95 Å². The molecule has 0 heterocycles. The maximum absolute atomic E-state index is 11.1. The van der Waals surface area contributed by atoms with E-state index in [9.17, 15) is 10.1 Å². The van der Waals surface area contributed by atoms with Gasteiger partial charge in [0, 0.05) is 17.7 Å². The summed E-state index contributed by atoms with van der Waals surface area (Å²) in [7, 11) is 1.90. The van der Waals surface area contributed by atoms with Crippen molar-refractivity contribution in [2.45, 2.75) is 33.2 Å². The van der Waals surface area contributed by atoms with Crippen LogP contribution in [0, 0.1) is 22.0 Å². The van der Waals surface area contributed by atoms with Crippen molar-refractivity contribution in [2.24, 2.45) is 11.8 Å². The van der Waals surface area contributed by atoms with Gasteiger partial charge in [0.15, 0.2) is 0 Å². The average molecular weight is 285 g/mol. The molecule has 0 aliphatic heterocycles. The second kappa shape index (κ2) is 6.87. The number of rotatable bonds is 6. The van der Waals surface area contributed by atoms with E-state index in [-0.39, 0.29) is 16.7 Å². The van der Waals surface area contributed by atoms with Crippen LogP contribution in [0.15, 0.2) is 18.2 Å². The molecule has 106 valence electrons. The lowest BCUT2D eigenvalue weighted by atomic mass is 9.83. The zero-order valence-electron chi connectivity index (χ0n) is 11.8.